The van der Waals surface area contributed by atoms with Crippen LogP contribution in [-0.4, -0.2) is 10.6 Å². The van der Waals surface area contributed by atoms with Gasteiger partial charge in [0.15, 0.2) is 0 Å². The van der Waals surface area contributed by atoms with E-state index in [1.165, 1.54) is 6.92 Å². The summed E-state index contributed by atoms with van der Waals surface area (Å²) >= 11 is -0.571. The van der Waals surface area contributed by atoms with Crippen LogP contribution in [-0.2, 0) is 4.79 Å². The van der Waals surface area contributed by atoms with Gasteiger partial charge in [-0.05, 0) is 16.3 Å². The van der Waals surface area contributed by atoms with Crippen LogP contribution >= 0.6 is 11.8 Å². The van der Waals surface area contributed by atoms with Crippen LogP contribution in [0.3, 0.4) is 0 Å². The van der Waals surface area contributed by atoms with E-state index in [1.54, 1.807) is 18.2 Å². The average molecular weight is 284 g/mol. The number of fused-ring (bicyclic) bond motifs is 1. The molecule has 100 valence electrons. The number of thioether (sulfide) groups is 1. The van der Waals surface area contributed by atoms with Gasteiger partial charge in [0.1, 0.15) is 0 Å². The topological polar surface area (TPSA) is 17.1 Å². The van der Waals surface area contributed by atoms with Crippen LogP contribution in [0.25, 0.3) is 10.8 Å². The SMILES string of the molecule is CC(C(=O)SC(F)(F)F)c1cccc2ccccc12. The molecule has 1 unspecified atom stereocenters. The Labute approximate surface area is 112 Å². The Morgan fingerprint density at radius 2 is 1.74 bits per heavy atom. The Kier molecular flexibility index (Phi) is 3.85. The number of hydrogen-bond donors (Lipinski definition) is 0. The van der Waals surface area contributed by atoms with Crippen molar-refractivity contribution >= 4 is 27.6 Å². The van der Waals surface area contributed by atoms with Crippen LogP contribution in [0.1, 0.15) is 18.4 Å². The highest BCUT2D eigenvalue weighted by molar-refractivity contribution is 8.14. The van der Waals surface area contributed by atoms with Crippen LogP contribution in [0.5, 0.6) is 0 Å². The van der Waals surface area contributed by atoms with E-state index in [0.717, 1.165) is 10.8 Å². The summed E-state index contributed by atoms with van der Waals surface area (Å²) in [6, 6.07) is 12.6. The smallest absolute Gasteiger partial charge is 0.286 e. The summed E-state index contributed by atoms with van der Waals surface area (Å²) in [5.74, 6) is -0.794. The van der Waals surface area contributed by atoms with Gasteiger partial charge in [0.05, 0.1) is 5.92 Å². The molecule has 2 aromatic rings. The molecule has 0 radical (unpaired) electrons. The fraction of sp³-hybridized carbons (Fsp3) is 0.214. The summed E-state index contributed by atoms with van der Waals surface area (Å²) in [7, 11) is 0. The van der Waals surface area contributed by atoms with Crippen LogP contribution in [0, 0.1) is 0 Å². The van der Waals surface area contributed by atoms with Crippen LogP contribution in [0.2, 0.25) is 0 Å². The predicted octanol–water partition coefficient (Wildman–Crippen LogP) is 4.72. The number of carbonyl (C=O) groups excluding carboxylic acids is 1. The Balaban J connectivity index is 2.36. The number of halogens is 3. The molecule has 0 aliphatic heterocycles. The third-order valence-corrected chi connectivity index (χ3v) is 3.65. The highest BCUT2D eigenvalue weighted by Gasteiger charge is 2.35. The number of carbonyl (C=O) groups is 1. The molecule has 0 aliphatic rings. The molecule has 2 rings (SSSR count). The van der Waals surface area contributed by atoms with Crippen molar-refractivity contribution in [2.45, 2.75) is 18.3 Å². The molecule has 0 N–H and O–H groups in total. The van der Waals surface area contributed by atoms with Gasteiger partial charge < -0.3 is 0 Å². The molecule has 1 nitrogen and oxygen atoms in total. The lowest BCUT2D eigenvalue weighted by atomic mass is 9.96. The highest BCUT2D eigenvalue weighted by atomic mass is 32.2. The second kappa shape index (κ2) is 5.25. The van der Waals surface area contributed by atoms with Gasteiger partial charge >= 0.3 is 5.51 Å². The second-order valence-electron chi connectivity index (χ2n) is 4.16. The number of alkyl halides is 3. The zero-order chi connectivity index (χ0) is 14.0. The van der Waals surface area contributed by atoms with Crippen molar-refractivity contribution in [3.05, 3.63) is 48.0 Å². The minimum absolute atomic E-state index is 0.571. The molecule has 19 heavy (non-hydrogen) atoms. The molecule has 0 spiro atoms. The largest absolute Gasteiger partial charge is 0.449 e. The standard InChI is InChI=1S/C14H11F3OS/c1-9(13(18)19-14(15,16)17)11-8-4-6-10-5-2-3-7-12(10)11/h2-9H,1H3. The van der Waals surface area contributed by atoms with E-state index >= 15 is 0 Å². The monoisotopic (exact) mass is 284 g/mol. The van der Waals surface area contributed by atoms with Gasteiger partial charge in [-0.1, -0.05) is 49.4 Å². The minimum Gasteiger partial charge on any atom is -0.286 e. The van der Waals surface area contributed by atoms with Crippen molar-refractivity contribution in [2.24, 2.45) is 0 Å². The Morgan fingerprint density at radius 1 is 1.11 bits per heavy atom. The van der Waals surface area contributed by atoms with Gasteiger partial charge in [0.2, 0.25) is 5.12 Å². The summed E-state index contributed by atoms with van der Waals surface area (Å²) in [4.78, 5) is 11.6. The molecule has 0 saturated carbocycles. The van der Waals surface area contributed by atoms with Crippen molar-refractivity contribution < 1.29 is 18.0 Å². The first-order valence-corrected chi connectivity index (χ1v) is 6.47. The summed E-state index contributed by atoms with van der Waals surface area (Å²) in [6.45, 7) is 1.50. The molecule has 0 heterocycles. The highest BCUT2D eigenvalue weighted by Crippen LogP contribution is 2.36. The first kappa shape index (κ1) is 13.9. The molecule has 0 aliphatic carbocycles. The van der Waals surface area contributed by atoms with Gasteiger partial charge in [0, 0.05) is 11.8 Å². The molecule has 5 heteroatoms. The summed E-state index contributed by atoms with van der Waals surface area (Å²) < 4.78 is 36.7. The normalized spacial score (nSPS) is 13.5. The summed E-state index contributed by atoms with van der Waals surface area (Å²) in [5, 5.41) is 0.842. The lowest BCUT2D eigenvalue weighted by Gasteiger charge is -2.14. The number of rotatable bonds is 2. The predicted molar refractivity (Wildman–Crippen MR) is 71.0 cm³/mol. The summed E-state index contributed by atoms with van der Waals surface area (Å²) in [5.41, 5.74) is -3.91. The maximum Gasteiger partial charge on any atom is 0.449 e. The lowest BCUT2D eigenvalue weighted by Crippen LogP contribution is -2.12. The molecule has 2 aromatic carbocycles. The zero-order valence-electron chi connectivity index (χ0n) is 10.1. The van der Waals surface area contributed by atoms with E-state index < -0.39 is 28.3 Å². The van der Waals surface area contributed by atoms with E-state index in [1.807, 2.05) is 24.3 Å². The summed E-state index contributed by atoms with van der Waals surface area (Å²) in [6.07, 6.45) is 0. The molecular formula is C14H11F3OS. The molecule has 0 bridgehead atoms. The van der Waals surface area contributed by atoms with Gasteiger partial charge in [-0.25, -0.2) is 0 Å². The van der Waals surface area contributed by atoms with Gasteiger partial charge in [-0.15, -0.1) is 0 Å². The van der Waals surface area contributed by atoms with Crippen molar-refractivity contribution in [1.82, 2.24) is 0 Å². The Hall–Kier alpha value is -1.49. The molecule has 0 saturated heterocycles. The maximum absolute atomic E-state index is 12.2. The van der Waals surface area contributed by atoms with Gasteiger partial charge in [-0.3, -0.25) is 4.79 Å². The van der Waals surface area contributed by atoms with Gasteiger partial charge in [-0.2, -0.15) is 13.2 Å². The van der Waals surface area contributed by atoms with Crippen molar-refractivity contribution in [1.29, 1.82) is 0 Å². The molecular weight excluding hydrogens is 273 g/mol. The Bertz CT molecular complexity index is 602. The molecule has 1 atom stereocenters. The molecule has 0 amide bonds. The van der Waals surface area contributed by atoms with Crippen LogP contribution in [0.15, 0.2) is 42.5 Å². The fourth-order valence-corrected chi connectivity index (χ4v) is 2.49. The van der Waals surface area contributed by atoms with Crippen molar-refractivity contribution in [3.8, 4) is 0 Å². The van der Waals surface area contributed by atoms with E-state index in [4.69, 9.17) is 0 Å². The van der Waals surface area contributed by atoms with E-state index in [9.17, 15) is 18.0 Å². The zero-order valence-corrected chi connectivity index (χ0v) is 10.9. The van der Waals surface area contributed by atoms with E-state index in [2.05, 4.69) is 0 Å². The first-order valence-electron chi connectivity index (χ1n) is 5.66. The second-order valence-corrected chi connectivity index (χ2v) is 5.23. The first-order chi connectivity index (χ1) is 8.88. The quantitative estimate of drug-likeness (QED) is 0.793. The van der Waals surface area contributed by atoms with Crippen LogP contribution in [0.4, 0.5) is 13.2 Å². The average Bonchev–Trinajstić information content (AvgIpc) is 2.35. The third kappa shape index (κ3) is 3.29. The number of hydrogen-bond acceptors (Lipinski definition) is 2. The molecule has 0 fully saturated rings. The Morgan fingerprint density at radius 3 is 2.42 bits per heavy atom. The van der Waals surface area contributed by atoms with E-state index in [0.29, 0.717) is 5.56 Å². The van der Waals surface area contributed by atoms with Crippen LogP contribution < -0.4 is 0 Å². The maximum atomic E-state index is 12.2. The van der Waals surface area contributed by atoms with Crippen molar-refractivity contribution in [2.75, 3.05) is 0 Å². The van der Waals surface area contributed by atoms with Gasteiger partial charge in [0.25, 0.3) is 0 Å². The third-order valence-electron chi connectivity index (χ3n) is 2.86. The minimum atomic E-state index is -4.53. The molecule has 0 aromatic heterocycles. The lowest BCUT2D eigenvalue weighted by molar-refractivity contribution is -0.113. The van der Waals surface area contributed by atoms with Crippen molar-refractivity contribution in [3.63, 3.8) is 0 Å². The van der Waals surface area contributed by atoms with E-state index in [-0.39, 0.29) is 0 Å². The number of benzene rings is 2. The fourth-order valence-electron chi connectivity index (χ4n) is 1.96.